The van der Waals surface area contributed by atoms with Gasteiger partial charge in [0.2, 0.25) is 0 Å². The quantitative estimate of drug-likeness (QED) is 0.537. The molecule has 0 aliphatic rings. The van der Waals surface area contributed by atoms with Crippen LogP contribution < -0.4 is 5.73 Å². The van der Waals surface area contributed by atoms with Crippen LogP contribution in [-0.2, 0) is 0 Å². The third-order valence-corrected chi connectivity index (χ3v) is 4.15. The van der Waals surface area contributed by atoms with Crippen LogP contribution in [0.2, 0.25) is 0 Å². The topological polar surface area (TPSA) is 60.9 Å². The molecule has 0 fully saturated rings. The minimum Gasteiger partial charge on any atom is -0.383 e. The Morgan fingerprint density at radius 3 is 2.68 bits per heavy atom. The molecular formula is C17H14IN3O. The first-order chi connectivity index (χ1) is 10.6. The second kappa shape index (κ2) is 5.92. The lowest BCUT2D eigenvalue weighted by molar-refractivity contribution is 0.103. The minimum absolute atomic E-state index is 0.115. The molecule has 0 aliphatic carbocycles. The fourth-order valence-electron chi connectivity index (χ4n) is 2.31. The van der Waals surface area contributed by atoms with Crippen LogP contribution in [0.3, 0.4) is 0 Å². The molecule has 0 unspecified atom stereocenters. The molecule has 3 rings (SSSR count). The number of anilines is 1. The van der Waals surface area contributed by atoms with Gasteiger partial charge >= 0.3 is 0 Å². The lowest BCUT2D eigenvalue weighted by Gasteiger charge is -2.08. The van der Waals surface area contributed by atoms with E-state index in [9.17, 15) is 4.79 Å². The summed E-state index contributed by atoms with van der Waals surface area (Å²) in [4.78, 5) is 12.6. The average Bonchev–Trinajstić information content (AvgIpc) is 2.88. The standard InChI is InChI=1S/C17H14IN3O/c1-11-5-2-3-8-15(11)21-17(19)14(10-20-21)16(22)12-6-4-7-13(18)9-12/h2-10H,19H2,1H3. The van der Waals surface area contributed by atoms with Gasteiger partial charge in [0.25, 0.3) is 0 Å². The smallest absolute Gasteiger partial charge is 0.198 e. The maximum atomic E-state index is 12.6. The van der Waals surface area contributed by atoms with Crippen molar-refractivity contribution in [2.75, 3.05) is 5.73 Å². The van der Waals surface area contributed by atoms with Crippen LogP contribution in [0, 0.1) is 10.5 Å². The van der Waals surface area contributed by atoms with Gasteiger partial charge in [0.1, 0.15) is 5.82 Å². The van der Waals surface area contributed by atoms with Crippen LogP contribution in [0.15, 0.2) is 54.7 Å². The van der Waals surface area contributed by atoms with Gasteiger partial charge in [0.15, 0.2) is 5.78 Å². The number of nitrogen functional groups attached to an aromatic ring is 1. The molecule has 0 saturated heterocycles. The Bertz CT molecular complexity index is 855. The number of rotatable bonds is 3. The number of nitrogens with zero attached hydrogens (tertiary/aromatic N) is 2. The van der Waals surface area contributed by atoms with Crippen LogP contribution >= 0.6 is 22.6 Å². The molecule has 2 N–H and O–H groups in total. The van der Waals surface area contributed by atoms with Gasteiger partial charge in [0, 0.05) is 9.13 Å². The molecule has 1 heterocycles. The molecule has 110 valence electrons. The minimum atomic E-state index is -0.115. The van der Waals surface area contributed by atoms with E-state index in [-0.39, 0.29) is 5.78 Å². The van der Waals surface area contributed by atoms with Crippen molar-refractivity contribution >= 4 is 34.2 Å². The van der Waals surface area contributed by atoms with E-state index < -0.39 is 0 Å². The van der Waals surface area contributed by atoms with E-state index in [2.05, 4.69) is 27.7 Å². The van der Waals surface area contributed by atoms with E-state index in [0.29, 0.717) is 16.9 Å². The Morgan fingerprint density at radius 1 is 1.18 bits per heavy atom. The Labute approximate surface area is 142 Å². The summed E-state index contributed by atoms with van der Waals surface area (Å²) in [5.41, 5.74) is 9.12. The predicted octanol–water partition coefficient (Wildman–Crippen LogP) is 3.60. The van der Waals surface area contributed by atoms with Crippen LogP contribution in [0.25, 0.3) is 5.69 Å². The van der Waals surface area contributed by atoms with E-state index >= 15 is 0 Å². The van der Waals surface area contributed by atoms with Crippen molar-refractivity contribution in [2.24, 2.45) is 0 Å². The number of carbonyl (C=O) groups is 1. The molecule has 1 aromatic heterocycles. The van der Waals surface area contributed by atoms with Crippen molar-refractivity contribution in [3.05, 3.63) is 75.0 Å². The molecule has 0 radical (unpaired) electrons. The number of aromatic nitrogens is 2. The molecule has 2 aromatic carbocycles. The van der Waals surface area contributed by atoms with Gasteiger partial charge in [-0.25, -0.2) is 4.68 Å². The van der Waals surface area contributed by atoms with Crippen molar-refractivity contribution in [2.45, 2.75) is 6.92 Å². The maximum absolute atomic E-state index is 12.6. The zero-order valence-corrected chi connectivity index (χ0v) is 14.1. The number of para-hydroxylation sites is 1. The third kappa shape index (κ3) is 2.64. The van der Waals surface area contributed by atoms with Gasteiger partial charge in [-0.2, -0.15) is 5.10 Å². The van der Waals surface area contributed by atoms with Crippen molar-refractivity contribution in [1.29, 1.82) is 0 Å². The molecule has 0 spiro atoms. The van der Waals surface area contributed by atoms with Gasteiger partial charge in [-0.05, 0) is 53.3 Å². The number of aryl methyl sites for hydroxylation is 1. The first-order valence-corrected chi connectivity index (χ1v) is 7.85. The third-order valence-electron chi connectivity index (χ3n) is 3.48. The maximum Gasteiger partial charge on any atom is 0.198 e. The molecule has 5 heteroatoms. The largest absolute Gasteiger partial charge is 0.383 e. The van der Waals surface area contributed by atoms with Gasteiger partial charge in [-0.15, -0.1) is 0 Å². The molecule has 0 amide bonds. The Hall–Kier alpha value is -2.15. The summed E-state index contributed by atoms with van der Waals surface area (Å²) in [6.45, 7) is 1.98. The number of benzene rings is 2. The number of halogens is 1. The van der Waals surface area contributed by atoms with E-state index in [1.54, 1.807) is 10.7 Å². The van der Waals surface area contributed by atoms with Crippen LogP contribution in [0.4, 0.5) is 5.82 Å². The second-order valence-electron chi connectivity index (χ2n) is 4.98. The first kappa shape index (κ1) is 14.8. The fourth-order valence-corrected chi connectivity index (χ4v) is 2.85. The van der Waals surface area contributed by atoms with Gasteiger partial charge in [-0.1, -0.05) is 30.3 Å². The number of hydrogen-bond donors (Lipinski definition) is 1. The Kier molecular flexibility index (Phi) is 3.98. The number of nitrogens with two attached hydrogens (primary N) is 1. The fraction of sp³-hybridized carbons (Fsp3) is 0.0588. The lowest BCUT2D eigenvalue weighted by atomic mass is 10.1. The predicted molar refractivity (Wildman–Crippen MR) is 95.3 cm³/mol. The summed E-state index contributed by atoms with van der Waals surface area (Å²) in [5.74, 6) is 0.244. The van der Waals surface area contributed by atoms with E-state index in [1.165, 1.54) is 6.20 Å². The Balaban J connectivity index is 2.04. The first-order valence-electron chi connectivity index (χ1n) is 6.77. The molecule has 0 bridgehead atoms. The normalized spacial score (nSPS) is 10.6. The van der Waals surface area contributed by atoms with E-state index in [1.807, 2.05) is 49.4 Å². The van der Waals surface area contributed by atoms with Gasteiger partial charge < -0.3 is 5.73 Å². The second-order valence-corrected chi connectivity index (χ2v) is 6.23. The molecule has 0 saturated carbocycles. The highest BCUT2D eigenvalue weighted by atomic mass is 127. The van der Waals surface area contributed by atoms with Crippen molar-refractivity contribution in [3.8, 4) is 5.69 Å². The summed E-state index contributed by atoms with van der Waals surface area (Å²) < 4.78 is 2.62. The van der Waals surface area contributed by atoms with Crippen LogP contribution in [0.5, 0.6) is 0 Å². The monoisotopic (exact) mass is 403 g/mol. The highest BCUT2D eigenvalue weighted by Crippen LogP contribution is 2.22. The number of ketones is 1. The summed E-state index contributed by atoms with van der Waals surface area (Å²) in [6.07, 6.45) is 1.53. The average molecular weight is 403 g/mol. The molecule has 4 nitrogen and oxygen atoms in total. The molecule has 22 heavy (non-hydrogen) atoms. The summed E-state index contributed by atoms with van der Waals surface area (Å²) in [7, 11) is 0. The SMILES string of the molecule is Cc1ccccc1-n1ncc(C(=O)c2cccc(I)c2)c1N. The highest BCUT2D eigenvalue weighted by molar-refractivity contribution is 14.1. The van der Waals surface area contributed by atoms with Crippen LogP contribution in [0.1, 0.15) is 21.5 Å². The molecular weight excluding hydrogens is 389 g/mol. The summed E-state index contributed by atoms with van der Waals surface area (Å²) >= 11 is 2.18. The molecule has 3 aromatic rings. The number of hydrogen-bond acceptors (Lipinski definition) is 3. The van der Waals surface area contributed by atoms with Gasteiger partial charge in [0.05, 0.1) is 17.4 Å². The summed E-state index contributed by atoms with van der Waals surface area (Å²) in [6, 6.07) is 15.2. The van der Waals surface area contributed by atoms with Crippen molar-refractivity contribution < 1.29 is 4.79 Å². The zero-order chi connectivity index (χ0) is 15.7. The van der Waals surface area contributed by atoms with Crippen molar-refractivity contribution in [1.82, 2.24) is 9.78 Å². The molecule has 0 atom stereocenters. The van der Waals surface area contributed by atoms with Gasteiger partial charge in [-0.3, -0.25) is 4.79 Å². The lowest BCUT2D eigenvalue weighted by Crippen LogP contribution is -2.08. The summed E-state index contributed by atoms with van der Waals surface area (Å²) in [5, 5.41) is 4.28. The Morgan fingerprint density at radius 2 is 1.95 bits per heavy atom. The van der Waals surface area contributed by atoms with E-state index in [4.69, 9.17) is 5.73 Å². The van der Waals surface area contributed by atoms with Crippen molar-refractivity contribution in [3.63, 3.8) is 0 Å². The number of carbonyl (C=O) groups excluding carboxylic acids is 1. The highest BCUT2D eigenvalue weighted by Gasteiger charge is 2.18. The molecule has 0 aliphatic heterocycles. The van der Waals surface area contributed by atoms with Crippen LogP contribution in [-0.4, -0.2) is 15.6 Å². The zero-order valence-electron chi connectivity index (χ0n) is 12.0. The van der Waals surface area contributed by atoms with E-state index in [0.717, 1.165) is 14.8 Å².